The van der Waals surface area contributed by atoms with E-state index in [0.717, 1.165) is 12.0 Å². The Morgan fingerprint density at radius 3 is 2.48 bits per heavy atom. The van der Waals surface area contributed by atoms with Crippen molar-refractivity contribution in [1.82, 2.24) is 5.32 Å². The van der Waals surface area contributed by atoms with Gasteiger partial charge in [-0.1, -0.05) is 26.8 Å². The van der Waals surface area contributed by atoms with Gasteiger partial charge in [-0.2, -0.15) is 0 Å². The van der Waals surface area contributed by atoms with E-state index < -0.39 is 0 Å². The Morgan fingerprint density at radius 2 is 2.00 bits per heavy atom. The average molecular weight is 322 g/mol. The van der Waals surface area contributed by atoms with Crippen molar-refractivity contribution in [2.75, 3.05) is 19.0 Å². The molecule has 0 aromatic heterocycles. The summed E-state index contributed by atoms with van der Waals surface area (Å²) in [6.45, 7) is 10.1. The molecule has 0 aliphatic rings. The first kappa shape index (κ1) is 19.5. The fraction of sp³-hybridized carbons (Fsp3) is 0.611. The van der Waals surface area contributed by atoms with Crippen LogP contribution in [0.2, 0.25) is 0 Å². The maximum absolute atomic E-state index is 11.3. The van der Waals surface area contributed by atoms with E-state index in [1.54, 1.807) is 7.11 Å². The molecule has 5 nitrogen and oxygen atoms in total. The van der Waals surface area contributed by atoms with Crippen LogP contribution in [0.5, 0.6) is 5.75 Å². The molecule has 1 aromatic rings. The summed E-state index contributed by atoms with van der Waals surface area (Å²) in [4.78, 5) is 11.3. The number of ether oxygens (including phenoxy) is 1. The maximum Gasteiger partial charge on any atom is 0.221 e. The van der Waals surface area contributed by atoms with E-state index in [1.807, 2.05) is 25.1 Å². The monoisotopic (exact) mass is 322 g/mol. The molecule has 1 rings (SSSR count). The molecule has 23 heavy (non-hydrogen) atoms. The highest BCUT2D eigenvalue weighted by atomic mass is 16.5. The van der Waals surface area contributed by atoms with Crippen LogP contribution in [0.25, 0.3) is 0 Å². The van der Waals surface area contributed by atoms with Gasteiger partial charge in [0, 0.05) is 19.0 Å². The lowest BCUT2D eigenvalue weighted by Crippen LogP contribution is -2.37. The smallest absolute Gasteiger partial charge is 0.221 e. The van der Waals surface area contributed by atoms with Gasteiger partial charge in [0.2, 0.25) is 5.91 Å². The number of aliphatic hydroxyl groups is 1. The number of anilines is 1. The molecule has 3 N–H and O–H groups in total. The van der Waals surface area contributed by atoms with Gasteiger partial charge in [-0.25, -0.2) is 0 Å². The van der Waals surface area contributed by atoms with E-state index >= 15 is 0 Å². The topological polar surface area (TPSA) is 70.6 Å². The van der Waals surface area contributed by atoms with Crippen molar-refractivity contribution in [3.8, 4) is 5.75 Å². The highest BCUT2D eigenvalue weighted by Crippen LogP contribution is 2.29. The molecule has 130 valence electrons. The summed E-state index contributed by atoms with van der Waals surface area (Å²) in [5, 5.41) is 15.8. The zero-order valence-corrected chi connectivity index (χ0v) is 15.1. The quantitative estimate of drug-likeness (QED) is 0.721. The molecule has 5 heteroatoms. The average Bonchev–Trinajstić information content (AvgIpc) is 2.44. The Balaban J connectivity index is 2.90. The van der Waals surface area contributed by atoms with Gasteiger partial charge in [0.25, 0.3) is 0 Å². The van der Waals surface area contributed by atoms with E-state index in [0.29, 0.717) is 11.4 Å². The number of methoxy groups -OCH3 is 1. The minimum absolute atomic E-state index is 0.0244. The van der Waals surface area contributed by atoms with Crippen molar-refractivity contribution in [2.24, 2.45) is 5.41 Å². The second-order valence-corrected chi connectivity index (χ2v) is 7.17. The molecule has 0 saturated heterocycles. The highest BCUT2D eigenvalue weighted by Gasteiger charge is 2.20. The number of amides is 1. The van der Waals surface area contributed by atoms with Crippen LogP contribution in [0.3, 0.4) is 0 Å². The minimum Gasteiger partial charge on any atom is -0.495 e. The van der Waals surface area contributed by atoms with Gasteiger partial charge in [0.05, 0.1) is 19.4 Å². The Morgan fingerprint density at radius 1 is 1.35 bits per heavy atom. The van der Waals surface area contributed by atoms with Crippen LogP contribution in [-0.4, -0.2) is 30.8 Å². The molecule has 1 amide bonds. The molecular weight excluding hydrogens is 292 g/mol. The zero-order valence-electron chi connectivity index (χ0n) is 15.1. The van der Waals surface area contributed by atoms with Crippen LogP contribution in [0.15, 0.2) is 18.2 Å². The summed E-state index contributed by atoms with van der Waals surface area (Å²) >= 11 is 0. The predicted octanol–water partition coefficient (Wildman–Crippen LogP) is 3.10. The third kappa shape index (κ3) is 6.59. The first-order valence-corrected chi connectivity index (χ1v) is 7.98. The van der Waals surface area contributed by atoms with Crippen LogP contribution < -0.4 is 15.4 Å². The first-order valence-electron chi connectivity index (χ1n) is 7.98. The fourth-order valence-corrected chi connectivity index (χ4v) is 2.65. The third-order valence-corrected chi connectivity index (χ3v) is 3.60. The van der Waals surface area contributed by atoms with Gasteiger partial charge in [-0.05, 0) is 36.5 Å². The summed E-state index contributed by atoms with van der Waals surface area (Å²) in [6, 6.07) is 5.79. The number of nitrogens with one attached hydrogen (secondary N) is 2. The second kappa shape index (κ2) is 8.31. The van der Waals surface area contributed by atoms with Crippen molar-refractivity contribution in [3.63, 3.8) is 0 Å². The summed E-state index contributed by atoms with van der Waals surface area (Å²) in [5.41, 5.74) is 1.82. The number of benzene rings is 1. The molecule has 0 bridgehead atoms. The van der Waals surface area contributed by atoms with Gasteiger partial charge in [-0.3, -0.25) is 4.79 Å². The largest absolute Gasteiger partial charge is 0.495 e. The third-order valence-electron chi connectivity index (χ3n) is 3.60. The number of hydrogen-bond acceptors (Lipinski definition) is 4. The number of carbonyl (C=O) groups is 1. The molecule has 1 aromatic carbocycles. The zero-order chi connectivity index (χ0) is 17.6. The minimum atomic E-state index is -0.137. The van der Waals surface area contributed by atoms with Gasteiger partial charge >= 0.3 is 0 Å². The van der Waals surface area contributed by atoms with E-state index in [4.69, 9.17) is 4.74 Å². The molecule has 0 aliphatic heterocycles. The summed E-state index contributed by atoms with van der Waals surface area (Å²) in [7, 11) is 1.58. The van der Waals surface area contributed by atoms with E-state index in [9.17, 15) is 9.90 Å². The Kier molecular flexibility index (Phi) is 7.03. The normalized spacial score (nSPS) is 14.2. The van der Waals surface area contributed by atoms with E-state index in [-0.39, 0.29) is 30.0 Å². The van der Waals surface area contributed by atoms with Crippen molar-refractivity contribution < 1.29 is 14.6 Å². The van der Waals surface area contributed by atoms with E-state index in [1.165, 1.54) is 6.92 Å². The van der Waals surface area contributed by atoms with Crippen molar-refractivity contribution in [1.29, 1.82) is 0 Å². The van der Waals surface area contributed by atoms with Crippen LogP contribution in [0.1, 0.15) is 52.6 Å². The summed E-state index contributed by atoms with van der Waals surface area (Å²) < 4.78 is 5.27. The van der Waals surface area contributed by atoms with E-state index in [2.05, 4.69) is 31.4 Å². The summed E-state index contributed by atoms with van der Waals surface area (Å²) in [6.07, 6.45) is 0.878. The summed E-state index contributed by atoms with van der Waals surface area (Å²) in [5.74, 6) is 0.492. The Bertz CT molecular complexity index is 523. The van der Waals surface area contributed by atoms with Crippen LogP contribution in [0.4, 0.5) is 5.69 Å². The van der Waals surface area contributed by atoms with Crippen LogP contribution in [-0.2, 0) is 4.79 Å². The van der Waals surface area contributed by atoms with Crippen LogP contribution >= 0.6 is 0 Å². The number of aliphatic hydroxyl groups excluding tert-OH is 1. The van der Waals surface area contributed by atoms with Crippen molar-refractivity contribution in [2.45, 2.75) is 53.1 Å². The maximum atomic E-state index is 11.3. The lowest BCUT2D eigenvalue weighted by atomic mass is 9.88. The lowest BCUT2D eigenvalue weighted by Gasteiger charge is -2.28. The Hall–Kier alpha value is -1.59. The molecule has 0 spiro atoms. The number of hydrogen-bond donors (Lipinski definition) is 3. The molecule has 0 saturated carbocycles. The highest BCUT2D eigenvalue weighted by molar-refractivity contribution is 5.90. The molecule has 0 heterocycles. The predicted molar refractivity (Wildman–Crippen MR) is 93.8 cm³/mol. The van der Waals surface area contributed by atoms with Gasteiger partial charge in [-0.15, -0.1) is 0 Å². The van der Waals surface area contributed by atoms with Crippen molar-refractivity contribution >= 4 is 11.6 Å². The first-order chi connectivity index (χ1) is 10.7. The molecule has 0 radical (unpaired) electrons. The molecule has 2 unspecified atom stereocenters. The van der Waals surface area contributed by atoms with Crippen LogP contribution in [0, 0.1) is 5.41 Å². The molecule has 0 fully saturated rings. The molecule has 2 atom stereocenters. The number of rotatable bonds is 7. The number of carbonyl (C=O) groups excluding carboxylic acids is 1. The van der Waals surface area contributed by atoms with Crippen molar-refractivity contribution in [3.05, 3.63) is 23.8 Å². The lowest BCUT2D eigenvalue weighted by molar-refractivity contribution is -0.114. The second-order valence-electron chi connectivity index (χ2n) is 7.17. The molecular formula is C18H30N2O3. The standard InChI is InChI=1S/C18H30N2O3/c1-12(19-15(11-21)10-18(3,4)5)14-7-8-17(23-6)16(9-14)20-13(2)22/h7-9,12,15,19,21H,10-11H2,1-6H3,(H,20,22). The Labute approximate surface area is 139 Å². The van der Waals surface area contributed by atoms with Gasteiger partial charge in [0.1, 0.15) is 5.75 Å². The van der Waals surface area contributed by atoms with Gasteiger partial charge in [0.15, 0.2) is 0 Å². The SMILES string of the molecule is COc1ccc(C(C)NC(CO)CC(C)(C)C)cc1NC(C)=O. The van der Waals surface area contributed by atoms with Gasteiger partial charge < -0.3 is 20.5 Å². The molecule has 0 aliphatic carbocycles. The fourth-order valence-electron chi connectivity index (χ4n) is 2.65.